The van der Waals surface area contributed by atoms with Gasteiger partial charge < -0.3 is 9.64 Å². The largest absolute Gasteiger partial charge is 0.385 e. The minimum absolute atomic E-state index is 0.00947. The Bertz CT molecular complexity index is 331. The highest BCUT2D eigenvalue weighted by Gasteiger charge is 2.42. The Morgan fingerprint density at radius 2 is 2.05 bits per heavy atom. The molecule has 4 nitrogen and oxygen atoms in total. The van der Waals surface area contributed by atoms with Crippen molar-refractivity contribution in [3.8, 4) is 0 Å². The number of amides is 1. The molecular weight excluding hydrogens is 264 g/mol. The molecule has 1 rings (SSSR count). The van der Waals surface area contributed by atoms with E-state index in [2.05, 4.69) is 44.8 Å². The molecule has 1 N–H and O–H groups in total. The van der Waals surface area contributed by atoms with Crippen molar-refractivity contribution in [2.75, 3.05) is 20.3 Å². The summed E-state index contributed by atoms with van der Waals surface area (Å²) in [5, 5.41) is 3.57. The van der Waals surface area contributed by atoms with Crippen LogP contribution in [-0.2, 0) is 9.53 Å². The summed E-state index contributed by atoms with van der Waals surface area (Å²) in [5.74, 6) is 0.678. The fourth-order valence-corrected chi connectivity index (χ4v) is 2.96. The van der Waals surface area contributed by atoms with Crippen LogP contribution in [0.1, 0.15) is 60.3 Å². The molecule has 0 aromatic heterocycles. The number of hydrogen-bond acceptors (Lipinski definition) is 3. The topological polar surface area (TPSA) is 41.6 Å². The highest BCUT2D eigenvalue weighted by Crippen LogP contribution is 2.28. The number of methoxy groups -OCH3 is 1. The second-order valence-corrected chi connectivity index (χ2v) is 7.21. The van der Waals surface area contributed by atoms with Crippen LogP contribution >= 0.6 is 0 Å². The fourth-order valence-electron chi connectivity index (χ4n) is 2.96. The quantitative estimate of drug-likeness (QED) is 0.711. The van der Waals surface area contributed by atoms with Crippen molar-refractivity contribution >= 4 is 5.91 Å². The van der Waals surface area contributed by atoms with Gasteiger partial charge in [-0.2, -0.15) is 0 Å². The van der Waals surface area contributed by atoms with Crippen LogP contribution in [0.25, 0.3) is 0 Å². The van der Waals surface area contributed by atoms with E-state index in [0.29, 0.717) is 5.92 Å². The Balaban J connectivity index is 2.78. The summed E-state index contributed by atoms with van der Waals surface area (Å²) < 4.78 is 5.20. The highest BCUT2D eigenvalue weighted by atomic mass is 16.5. The maximum Gasteiger partial charge on any atom is 0.241 e. The summed E-state index contributed by atoms with van der Waals surface area (Å²) in [7, 11) is 1.73. The van der Waals surface area contributed by atoms with E-state index in [-0.39, 0.29) is 23.5 Å². The van der Waals surface area contributed by atoms with E-state index in [1.165, 1.54) is 0 Å². The van der Waals surface area contributed by atoms with Crippen molar-refractivity contribution < 1.29 is 9.53 Å². The Kier molecular flexibility index (Phi) is 7.14. The van der Waals surface area contributed by atoms with Crippen LogP contribution in [0.5, 0.6) is 0 Å². The van der Waals surface area contributed by atoms with Gasteiger partial charge in [0.1, 0.15) is 0 Å². The Morgan fingerprint density at radius 1 is 1.38 bits per heavy atom. The zero-order valence-corrected chi connectivity index (χ0v) is 14.7. The standard InChI is InChI=1S/C17H34N2O2/c1-7-9-14-18-15(13(3)8-2)16(20)19(14)12-17(4,5)10-11-21-6/h13-15,18H,7-12H2,1-6H3. The average molecular weight is 298 g/mol. The van der Waals surface area contributed by atoms with Gasteiger partial charge in [0, 0.05) is 20.3 Å². The molecule has 124 valence electrons. The minimum atomic E-state index is -0.00947. The van der Waals surface area contributed by atoms with Crippen LogP contribution < -0.4 is 5.32 Å². The maximum atomic E-state index is 12.8. The minimum Gasteiger partial charge on any atom is -0.385 e. The first-order valence-corrected chi connectivity index (χ1v) is 8.41. The molecule has 0 radical (unpaired) electrons. The number of carbonyl (C=O) groups excluding carboxylic acids is 1. The van der Waals surface area contributed by atoms with E-state index in [9.17, 15) is 4.79 Å². The van der Waals surface area contributed by atoms with Gasteiger partial charge >= 0.3 is 0 Å². The van der Waals surface area contributed by atoms with Gasteiger partial charge in [-0.15, -0.1) is 0 Å². The first-order chi connectivity index (χ1) is 9.86. The number of carbonyl (C=O) groups is 1. The smallest absolute Gasteiger partial charge is 0.241 e. The first kappa shape index (κ1) is 18.4. The molecule has 1 amide bonds. The van der Waals surface area contributed by atoms with Crippen LogP contribution in [0.2, 0.25) is 0 Å². The van der Waals surface area contributed by atoms with Gasteiger partial charge in [-0.05, 0) is 24.2 Å². The van der Waals surface area contributed by atoms with Gasteiger partial charge in [-0.1, -0.05) is 47.5 Å². The van der Waals surface area contributed by atoms with Crippen molar-refractivity contribution in [3.63, 3.8) is 0 Å². The second-order valence-electron chi connectivity index (χ2n) is 7.21. The molecular formula is C17H34N2O2. The lowest BCUT2D eigenvalue weighted by Gasteiger charge is -2.33. The Hall–Kier alpha value is -0.610. The Labute approximate surface area is 130 Å². The average Bonchev–Trinajstić information content (AvgIpc) is 2.73. The van der Waals surface area contributed by atoms with E-state index in [1.807, 2.05) is 0 Å². The van der Waals surface area contributed by atoms with E-state index in [0.717, 1.165) is 38.8 Å². The van der Waals surface area contributed by atoms with E-state index < -0.39 is 0 Å². The number of ether oxygens (including phenoxy) is 1. The lowest BCUT2D eigenvalue weighted by molar-refractivity contribution is -0.132. The molecule has 1 saturated heterocycles. The summed E-state index contributed by atoms with van der Waals surface area (Å²) in [6.45, 7) is 12.5. The summed E-state index contributed by atoms with van der Waals surface area (Å²) in [6.07, 6.45) is 4.32. The molecule has 3 unspecified atom stereocenters. The summed E-state index contributed by atoms with van der Waals surface area (Å²) in [5.41, 5.74) is 0.0870. The number of nitrogens with one attached hydrogen (secondary N) is 1. The van der Waals surface area contributed by atoms with Crippen molar-refractivity contribution in [2.45, 2.75) is 72.5 Å². The molecule has 1 aliphatic rings. The zero-order valence-electron chi connectivity index (χ0n) is 14.7. The summed E-state index contributed by atoms with van der Waals surface area (Å²) >= 11 is 0. The fraction of sp³-hybridized carbons (Fsp3) is 0.941. The lowest BCUT2D eigenvalue weighted by Crippen LogP contribution is -2.43. The molecule has 0 saturated carbocycles. The van der Waals surface area contributed by atoms with Gasteiger partial charge in [0.25, 0.3) is 0 Å². The predicted molar refractivity (Wildman–Crippen MR) is 87.1 cm³/mol. The number of hydrogen-bond donors (Lipinski definition) is 1. The molecule has 0 aromatic rings. The first-order valence-electron chi connectivity index (χ1n) is 8.41. The molecule has 1 aliphatic heterocycles. The maximum absolute atomic E-state index is 12.8. The van der Waals surface area contributed by atoms with Crippen LogP contribution in [0.3, 0.4) is 0 Å². The van der Waals surface area contributed by atoms with Crippen molar-refractivity contribution in [1.29, 1.82) is 0 Å². The summed E-state index contributed by atoms with van der Waals surface area (Å²) in [4.78, 5) is 14.9. The molecule has 1 heterocycles. The third kappa shape index (κ3) is 4.96. The summed E-state index contributed by atoms with van der Waals surface area (Å²) in [6, 6.07) is -0.00947. The molecule has 0 aromatic carbocycles. The molecule has 3 atom stereocenters. The molecule has 0 aliphatic carbocycles. The van der Waals surface area contributed by atoms with Crippen molar-refractivity contribution in [2.24, 2.45) is 11.3 Å². The molecule has 0 bridgehead atoms. The molecule has 0 spiro atoms. The van der Waals surface area contributed by atoms with Gasteiger partial charge in [0.15, 0.2) is 0 Å². The molecule has 1 fully saturated rings. The lowest BCUT2D eigenvalue weighted by atomic mass is 9.88. The number of rotatable bonds is 9. The second kappa shape index (κ2) is 8.14. The van der Waals surface area contributed by atoms with E-state index >= 15 is 0 Å². The third-order valence-corrected chi connectivity index (χ3v) is 4.65. The number of nitrogens with zero attached hydrogens (tertiary/aromatic N) is 1. The van der Waals surface area contributed by atoms with Crippen LogP contribution in [0, 0.1) is 11.3 Å². The van der Waals surface area contributed by atoms with Crippen LogP contribution in [0.4, 0.5) is 0 Å². The van der Waals surface area contributed by atoms with Gasteiger partial charge in [0.2, 0.25) is 5.91 Å². The van der Waals surface area contributed by atoms with Crippen molar-refractivity contribution in [1.82, 2.24) is 10.2 Å². The van der Waals surface area contributed by atoms with E-state index in [1.54, 1.807) is 7.11 Å². The van der Waals surface area contributed by atoms with Gasteiger partial charge in [-0.25, -0.2) is 0 Å². The van der Waals surface area contributed by atoms with Crippen molar-refractivity contribution in [3.05, 3.63) is 0 Å². The SMILES string of the molecule is CCCC1NC(C(C)CC)C(=O)N1CC(C)(C)CCOC. The molecule has 4 heteroatoms. The monoisotopic (exact) mass is 298 g/mol. The van der Waals surface area contributed by atoms with Crippen LogP contribution in [-0.4, -0.2) is 43.3 Å². The highest BCUT2D eigenvalue weighted by molar-refractivity contribution is 5.84. The third-order valence-electron chi connectivity index (χ3n) is 4.65. The predicted octanol–water partition coefficient (Wildman–Crippen LogP) is 3.02. The zero-order chi connectivity index (χ0) is 16.0. The van der Waals surface area contributed by atoms with Crippen LogP contribution in [0.15, 0.2) is 0 Å². The van der Waals surface area contributed by atoms with Gasteiger partial charge in [0.05, 0.1) is 12.2 Å². The normalized spacial score (nSPS) is 24.7. The van der Waals surface area contributed by atoms with E-state index in [4.69, 9.17) is 4.74 Å². The molecule has 21 heavy (non-hydrogen) atoms. The van der Waals surface area contributed by atoms with Gasteiger partial charge in [-0.3, -0.25) is 10.1 Å². The Morgan fingerprint density at radius 3 is 2.57 bits per heavy atom.